The van der Waals surface area contributed by atoms with Gasteiger partial charge in [-0.2, -0.15) is 0 Å². The lowest BCUT2D eigenvalue weighted by Crippen LogP contribution is -2.52. The molecule has 1 atom stereocenters. The van der Waals surface area contributed by atoms with Gasteiger partial charge < -0.3 is 14.4 Å². The number of hydrogen-bond acceptors (Lipinski definition) is 5. The molecular weight excluding hydrogens is 294 g/mol. The number of likely N-dealkylation sites (N-methyl/N-ethyl adjacent to an activating group) is 1. The second kappa shape index (κ2) is 8.17. The first kappa shape index (κ1) is 17.6. The van der Waals surface area contributed by atoms with Crippen molar-refractivity contribution in [3.63, 3.8) is 0 Å². The first-order valence-electron chi connectivity index (χ1n) is 7.98. The Morgan fingerprint density at radius 3 is 2.52 bits per heavy atom. The molecule has 1 N–H and O–H groups in total. The smallest absolute Gasteiger partial charge is 0.234 e. The second-order valence-electron chi connectivity index (χ2n) is 6.04. The van der Waals surface area contributed by atoms with Gasteiger partial charge in [-0.15, -0.1) is 0 Å². The van der Waals surface area contributed by atoms with Crippen molar-refractivity contribution >= 4 is 5.91 Å². The van der Waals surface area contributed by atoms with Crippen LogP contribution in [-0.4, -0.2) is 63.3 Å². The van der Waals surface area contributed by atoms with Crippen LogP contribution >= 0.6 is 0 Å². The largest absolute Gasteiger partial charge is 0.497 e. The standard InChI is InChI=1S/C17H27N3O3/c1-13(15-6-5-14(22-3)12-16(15)23-4)11-17(21)18-20-9-7-19(2)8-10-20/h5-6,12-13H,7-11H2,1-4H3,(H,18,21). The van der Waals surface area contributed by atoms with Gasteiger partial charge in [0.2, 0.25) is 5.91 Å². The van der Waals surface area contributed by atoms with Crippen LogP contribution in [0.2, 0.25) is 0 Å². The first-order chi connectivity index (χ1) is 11.0. The Balaban J connectivity index is 1.93. The van der Waals surface area contributed by atoms with Crippen LogP contribution in [0.3, 0.4) is 0 Å². The molecule has 6 nitrogen and oxygen atoms in total. The Bertz CT molecular complexity index is 528. The highest BCUT2D eigenvalue weighted by Crippen LogP contribution is 2.32. The fourth-order valence-corrected chi connectivity index (χ4v) is 2.75. The molecule has 6 heteroatoms. The van der Waals surface area contributed by atoms with E-state index in [1.54, 1.807) is 14.2 Å². The first-order valence-corrected chi connectivity index (χ1v) is 7.98. The van der Waals surface area contributed by atoms with E-state index in [2.05, 4.69) is 17.4 Å². The molecular formula is C17H27N3O3. The number of methoxy groups -OCH3 is 2. The van der Waals surface area contributed by atoms with Gasteiger partial charge in [-0.05, 0) is 24.6 Å². The highest BCUT2D eigenvalue weighted by Gasteiger charge is 2.19. The lowest BCUT2D eigenvalue weighted by molar-refractivity contribution is -0.127. The maximum Gasteiger partial charge on any atom is 0.234 e. The maximum atomic E-state index is 12.3. The van der Waals surface area contributed by atoms with Crippen molar-refractivity contribution in [2.45, 2.75) is 19.3 Å². The predicted octanol–water partition coefficient (Wildman–Crippen LogP) is 1.48. The Morgan fingerprint density at radius 1 is 1.22 bits per heavy atom. The van der Waals surface area contributed by atoms with Gasteiger partial charge in [0, 0.05) is 38.7 Å². The van der Waals surface area contributed by atoms with Crippen molar-refractivity contribution in [2.75, 3.05) is 47.4 Å². The molecule has 1 saturated heterocycles. The summed E-state index contributed by atoms with van der Waals surface area (Å²) in [6.07, 6.45) is 0.426. The van der Waals surface area contributed by atoms with Gasteiger partial charge in [0.1, 0.15) is 11.5 Å². The topological polar surface area (TPSA) is 54.0 Å². The molecule has 0 radical (unpaired) electrons. The molecule has 23 heavy (non-hydrogen) atoms. The number of carbonyl (C=O) groups excluding carboxylic acids is 1. The summed E-state index contributed by atoms with van der Waals surface area (Å²) in [5, 5.41) is 2.00. The Hall–Kier alpha value is -1.79. The summed E-state index contributed by atoms with van der Waals surface area (Å²) in [5.41, 5.74) is 4.02. The van der Waals surface area contributed by atoms with Crippen LogP contribution in [0.4, 0.5) is 0 Å². The highest BCUT2D eigenvalue weighted by molar-refractivity contribution is 5.76. The van der Waals surface area contributed by atoms with Crippen LogP contribution in [0.15, 0.2) is 18.2 Å². The van der Waals surface area contributed by atoms with Crippen LogP contribution in [0.25, 0.3) is 0 Å². The van der Waals surface area contributed by atoms with Crippen LogP contribution in [0, 0.1) is 0 Å². The fourth-order valence-electron chi connectivity index (χ4n) is 2.75. The molecule has 1 heterocycles. The van der Waals surface area contributed by atoms with E-state index in [1.807, 2.05) is 30.1 Å². The predicted molar refractivity (Wildman–Crippen MR) is 89.8 cm³/mol. The molecule has 1 aromatic carbocycles. The lowest BCUT2D eigenvalue weighted by atomic mass is 9.96. The zero-order valence-corrected chi connectivity index (χ0v) is 14.5. The average molecular weight is 321 g/mol. The number of nitrogens with zero attached hydrogens (tertiary/aromatic N) is 2. The summed E-state index contributed by atoms with van der Waals surface area (Å²) in [5.74, 6) is 1.62. The van der Waals surface area contributed by atoms with Crippen LogP contribution in [0.5, 0.6) is 11.5 Å². The molecule has 0 bridgehead atoms. The molecule has 0 saturated carbocycles. The van der Waals surface area contributed by atoms with E-state index in [-0.39, 0.29) is 11.8 Å². The van der Waals surface area contributed by atoms with E-state index >= 15 is 0 Å². The van der Waals surface area contributed by atoms with E-state index in [9.17, 15) is 4.79 Å². The fraction of sp³-hybridized carbons (Fsp3) is 0.588. The highest BCUT2D eigenvalue weighted by atomic mass is 16.5. The van der Waals surface area contributed by atoms with E-state index in [1.165, 1.54) is 0 Å². The molecule has 1 aromatic rings. The van der Waals surface area contributed by atoms with Crippen LogP contribution in [-0.2, 0) is 4.79 Å². The Kier molecular flexibility index (Phi) is 6.24. The van der Waals surface area contributed by atoms with Gasteiger partial charge in [0.05, 0.1) is 14.2 Å². The molecule has 1 unspecified atom stereocenters. The second-order valence-corrected chi connectivity index (χ2v) is 6.04. The van der Waals surface area contributed by atoms with Crippen molar-refractivity contribution in [3.05, 3.63) is 23.8 Å². The summed E-state index contributed by atoms with van der Waals surface area (Å²) < 4.78 is 10.6. The normalized spacial score (nSPS) is 17.6. The SMILES string of the molecule is COc1ccc(C(C)CC(=O)NN2CCN(C)CC2)c(OC)c1. The van der Waals surface area contributed by atoms with Gasteiger partial charge >= 0.3 is 0 Å². The molecule has 1 amide bonds. The zero-order valence-electron chi connectivity index (χ0n) is 14.5. The summed E-state index contributed by atoms with van der Waals surface area (Å²) in [4.78, 5) is 14.5. The lowest BCUT2D eigenvalue weighted by Gasteiger charge is -2.32. The van der Waals surface area contributed by atoms with Gasteiger partial charge in [-0.1, -0.05) is 13.0 Å². The number of hydrogen-bond donors (Lipinski definition) is 1. The summed E-state index contributed by atoms with van der Waals surface area (Å²) >= 11 is 0. The molecule has 1 aliphatic rings. The summed E-state index contributed by atoms with van der Waals surface area (Å²) in [6, 6.07) is 5.71. The number of hydrazine groups is 1. The van der Waals surface area contributed by atoms with Gasteiger partial charge in [0.15, 0.2) is 0 Å². The third kappa shape index (κ3) is 4.84. The quantitative estimate of drug-likeness (QED) is 0.860. The number of piperazine rings is 1. The minimum Gasteiger partial charge on any atom is -0.497 e. The monoisotopic (exact) mass is 321 g/mol. The zero-order chi connectivity index (χ0) is 16.8. The van der Waals surface area contributed by atoms with E-state index in [0.717, 1.165) is 43.2 Å². The number of ether oxygens (including phenoxy) is 2. The molecule has 2 rings (SSSR count). The summed E-state index contributed by atoms with van der Waals surface area (Å²) in [6.45, 7) is 5.71. The number of nitrogens with one attached hydrogen (secondary N) is 1. The molecule has 1 fully saturated rings. The Labute approximate surface area is 138 Å². The van der Waals surface area contributed by atoms with Crippen LogP contribution < -0.4 is 14.9 Å². The third-order valence-electron chi connectivity index (χ3n) is 4.25. The third-order valence-corrected chi connectivity index (χ3v) is 4.25. The number of carbonyl (C=O) groups is 1. The molecule has 0 spiro atoms. The van der Waals surface area contributed by atoms with Gasteiger partial charge in [0.25, 0.3) is 0 Å². The number of amides is 1. The average Bonchev–Trinajstić information content (AvgIpc) is 2.56. The molecule has 1 aliphatic heterocycles. The minimum atomic E-state index is 0.0416. The van der Waals surface area contributed by atoms with E-state index in [4.69, 9.17) is 9.47 Å². The van der Waals surface area contributed by atoms with Crippen molar-refractivity contribution in [3.8, 4) is 11.5 Å². The number of benzene rings is 1. The van der Waals surface area contributed by atoms with Crippen molar-refractivity contribution in [1.82, 2.24) is 15.3 Å². The number of rotatable bonds is 6. The molecule has 0 aromatic heterocycles. The van der Waals surface area contributed by atoms with Crippen molar-refractivity contribution in [1.29, 1.82) is 0 Å². The molecule has 0 aliphatic carbocycles. The minimum absolute atomic E-state index is 0.0416. The maximum absolute atomic E-state index is 12.3. The van der Waals surface area contributed by atoms with Gasteiger partial charge in [-0.3, -0.25) is 10.2 Å². The summed E-state index contributed by atoms with van der Waals surface area (Å²) in [7, 11) is 5.36. The van der Waals surface area contributed by atoms with Crippen LogP contribution in [0.1, 0.15) is 24.8 Å². The Morgan fingerprint density at radius 2 is 1.91 bits per heavy atom. The van der Waals surface area contributed by atoms with Gasteiger partial charge in [-0.25, -0.2) is 5.01 Å². The van der Waals surface area contributed by atoms with E-state index in [0.29, 0.717) is 6.42 Å². The van der Waals surface area contributed by atoms with Crippen molar-refractivity contribution < 1.29 is 14.3 Å². The van der Waals surface area contributed by atoms with Crippen molar-refractivity contribution in [2.24, 2.45) is 0 Å². The van der Waals surface area contributed by atoms with E-state index < -0.39 is 0 Å². The molecule has 128 valence electrons.